The molecule has 2 aliphatic rings. The quantitative estimate of drug-likeness (QED) is 0.289. The summed E-state index contributed by atoms with van der Waals surface area (Å²) < 4.78 is 28.6. The van der Waals surface area contributed by atoms with E-state index < -0.39 is 6.04 Å². The van der Waals surface area contributed by atoms with Gasteiger partial charge >= 0.3 is 0 Å². The molecule has 0 fully saturated rings. The molecule has 0 radical (unpaired) electrons. The summed E-state index contributed by atoms with van der Waals surface area (Å²) in [6, 6.07) is 17.4. The van der Waals surface area contributed by atoms with E-state index in [1.165, 1.54) is 0 Å². The van der Waals surface area contributed by atoms with Gasteiger partial charge in [-0.2, -0.15) is 0 Å². The van der Waals surface area contributed by atoms with E-state index in [2.05, 4.69) is 6.92 Å². The molecule has 194 valence electrons. The molecule has 0 bridgehead atoms. The second-order valence-corrected chi connectivity index (χ2v) is 9.31. The Labute approximate surface area is 219 Å². The van der Waals surface area contributed by atoms with Crippen molar-refractivity contribution in [2.75, 3.05) is 20.5 Å². The third-order valence-corrected chi connectivity index (χ3v) is 6.92. The standard InChI is InChI=1S/C30H27NO7/c1-3-4-13-35-22-12-10-19(15-24(22)34-2)27-26-28(32)20-7-5-6-8-21(20)38-29(26)30(33)31(27)16-18-9-11-23-25(14-18)37-17-36-23/h5-12,14-15,27H,3-4,13,16-17H2,1-2H3/t27-/m1/s1. The van der Waals surface area contributed by atoms with Gasteiger partial charge in [-0.1, -0.05) is 37.6 Å². The maximum absolute atomic E-state index is 13.8. The van der Waals surface area contributed by atoms with E-state index in [1.807, 2.05) is 36.4 Å². The lowest BCUT2D eigenvalue weighted by Crippen LogP contribution is -2.29. The summed E-state index contributed by atoms with van der Waals surface area (Å²) in [5.74, 6) is 2.13. The predicted octanol–water partition coefficient (Wildman–Crippen LogP) is 5.45. The van der Waals surface area contributed by atoms with Crippen LogP contribution in [0.15, 0.2) is 69.9 Å². The zero-order valence-electron chi connectivity index (χ0n) is 21.2. The van der Waals surface area contributed by atoms with Crippen molar-refractivity contribution in [1.29, 1.82) is 0 Å². The van der Waals surface area contributed by atoms with Crippen LogP contribution in [0, 0.1) is 0 Å². The molecule has 1 aromatic heterocycles. The van der Waals surface area contributed by atoms with E-state index in [0.29, 0.717) is 46.1 Å². The van der Waals surface area contributed by atoms with E-state index in [4.69, 9.17) is 23.4 Å². The number of benzene rings is 3. The van der Waals surface area contributed by atoms with Gasteiger partial charge in [-0.05, 0) is 53.9 Å². The fourth-order valence-corrected chi connectivity index (χ4v) is 5.01. The van der Waals surface area contributed by atoms with Crippen LogP contribution in [0.3, 0.4) is 0 Å². The molecular formula is C30H27NO7. The zero-order valence-corrected chi connectivity index (χ0v) is 21.2. The summed E-state index contributed by atoms with van der Waals surface area (Å²) in [7, 11) is 1.58. The number of unbranched alkanes of at least 4 members (excludes halogenated alkanes) is 1. The molecule has 1 atom stereocenters. The molecule has 0 spiro atoms. The van der Waals surface area contributed by atoms with Crippen LogP contribution < -0.4 is 24.4 Å². The van der Waals surface area contributed by atoms with Crippen molar-refractivity contribution in [2.45, 2.75) is 32.4 Å². The van der Waals surface area contributed by atoms with E-state index in [0.717, 1.165) is 24.0 Å². The van der Waals surface area contributed by atoms with Gasteiger partial charge in [-0.15, -0.1) is 0 Å². The van der Waals surface area contributed by atoms with E-state index in [9.17, 15) is 9.59 Å². The summed E-state index contributed by atoms with van der Waals surface area (Å²) in [6.45, 7) is 3.06. The third-order valence-electron chi connectivity index (χ3n) is 6.92. The van der Waals surface area contributed by atoms with Gasteiger partial charge in [-0.3, -0.25) is 9.59 Å². The molecule has 0 saturated heterocycles. The third kappa shape index (κ3) is 4.02. The highest BCUT2D eigenvalue weighted by Gasteiger charge is 2.43. The van der Waals surface area contributed by atoms with Crippen molar-refractivity contribution >= 4 is 16.9 Å². The minimum atomic E-state index is -0.678. The molecule has 0 unspecified atom stereocenters. The highest BCUT2D eigenvalue weighted by Crippen LogP contribution is 2.42. The van der Waals surface area contributed by atoms with Gasteiger partial charge < -0.3 is 28.3 Å². The van der Waals surface area contributed by atoms with Crippen molar-refractivity contribution in [2.24, 2.45) is 0 Å². The first kappa shape index (κ1) is 23.9. The smallest absolute Gasteiger partial charge is 0.291 e. The molecule has 2 aliphatic heterocycles. The molecular weight excluding hydrogens is 486 g/mol. The highest BCUT2D eigenvalue weighted by molar-refractivity contribution is 5.99. The molecule has 8 nitrogen and oxygen atoms in total. The summed E-state index contributed by atoms with van der Waals surface area (Å²) >= 11 is 0. The average Bonchev–Trinajstić information content (AvgIpc) is 3.52. The van der Waals surface area contributed by atoms with Crippen LogP contribution in [-0.4, -0.2) is 31.3 Å². The minimum absolute atomic E-state index is 0.0571. The number of carbonyl (C=O) groups is 1. The zero-order chi connectivity index (χ0) is 26.2. The molecule has 0 saturated carbocycles. The number of nitrogens with zero attached hydrogens (tertiary/aromatic N) is 1. The van der Waals surface area contributed by atoms with Crippen molar-refractivity contribution in [1.82, 2.24) is 4.90 Å². The van der Waals surface area contributed by atoms with Crippen LogP contribution in [0.5, 0.6) is 23.0 Å². The van der Waals surface area contributed by atoms with Crippen LogP contribution in [0.25, 0.3) is 11.0 Å². The first-order chi connectivity index (χ1) is 18.6. The van der Waals surface area contributed by atoms with Crippen LogP contribution in [0.4, 0.5) is 0 Å². The summed E-state index contributed by atoms with van der Waals surface area (Å²) in [6.07, 6.45) is 1.94. The number of rotatable bonds is 8. The van der Waals surface area contributed by atoms with Crippen LogP contribution in [-0.2, 0) is 6.54 Å². The fraction of sp³-hybridized carbons (Fsp3) is 0.267. The topological polar surface area (TPSA) is 87.4 Å². The lowest BCUT2D eigenvalue weighted by atomic mass is 9.97. The highest BCUT2D eigenvalue weighted by atomic mass is 16.7. The van der Waals surface area contributed by atoms with Crippen LogP contribution in [0.2, 0.25) is 0 Å². The van der Waals surface area contributed by atoms with E-state index >= 15 is 0 Å². The largest absolute Gasteiger partial charge is 0.493 e. The summed E-state index contributed by atoms with van der Waals surface area (Å²) in [5.41, 5.74) is 2.03. The minimum Gasteiger partial charge on any atom is -0.493 e. The second kappa shape index (κ2) is 9.78. The Hall–Kier alpha value is -4.46. The van der Waals surface area contributed by atoms with Crippen molar-refractivity contribution in [3.05, 3.63) is 93.3 Å². The maximum Gasteiger partial charge on any atom is 0.291 e. The monoisotopic (exact) mass is 513 g/mol. The average molecular weight is 514 g/mol. The normalized spacial score (nSPS) is 15.7. The number of amides is 1. The lowest BCUT2D eigenvalue weighted by molar-refractivity contribution is 0.0714. The molecule has 3 aromatic carbocycles. The molecule has 6 rings (SSSR count). The van der Waals surface area contributed by atoms with Gasteiger partial charge in [-0.25, -0.2) is 0 Å². The number of carbonyl (C=O) groups excluding carboxylic acids is 1. The Kier molecular flexibility index (Phi) is 6.15. The Morgan fingerprint density at radius 2 is 1.82 bits per heavy atom. The Morgan fingerprint density at radius 3 is 2.66 bits per heavy atom. The number of hydrogen-bond acceptors (Lipinski definition) is 7. The molecule has 38 heavy (non-hydrogen) atoms. The molecule has 0 N–H and O–H groups in total. The summed E-state index contributed by atoms with van der Waals surface area (Å²) in [4.78, 5) is 29.2. The molecule has 1 amide bonds. The maximum atomic E-state index is 13.8. The molecule has 0 aliphatic carbocycles. The van der Waals surface area contributed by atoms with E-state index in [-0.39, 0.29) is 30.4 Å². The van der Waals surface area contributed by atoms with Gasteiger partial charge in [0.1, 0.15) is 5.58 Å². The molecule has 3 heterocycles. The van der Waals surface area contributed by atoms with Crippen molar-refractivity contribution in [3.8, 4) is 23.0 Å². The van der Waals surface area contributed by atoms with E-state index in [1.54, 1.807) is 36.3 Å². The lowest BCUT2D eigenvalue weighted by Gasteiger charge is -2.26. The number of hydrogen-bond donors (Lipinski definition) is 0. The second-order valence-electron chi connectivity index (χ2n) is 9.31. The predicted molar refractivity (Wildman–Crippen MR) is 140 cm³/mol. The van der Waals surface area contributed by atoms with Crippen molar-refractivity contribution < 1.29 is 28.2 Å². The number of para-hydroxylation sites is 1. The Bertz CT molecular complexity index is 1590. The van der Waals surface area contributed by atoms with Gasteiger partial charge in [0.15, 0.2) is 28.4 Å². The first-order valence-corrected chi connectivity index (χ1v) is 12.6. The first-order valence-electron chi connectivity index (χ1n) is 12.6. The van der Waals surface area contributed by atoms with Crippen LogP contribution in [0.1, 0.15) is 53.1 Å². The van der Waals surface area contributed by atoms with Gasteiger partial charge in [0, 0.05) is 6.54 Å². The van der Waals surface area contributed by atoms with Gasteiger partial charge in [0.05, 0.1) is 30.7 Å². The Morgan fingerprint density at radius 1 is 0.974 bits per heavy atom. The fourth-order valence-electron chi connectivity index (χ4n) is 5.01. The van der Waals surface area contributed by atoms with Crippen molar-refractivity contribution in [3.63, 3.8) is 0 Å². The molecule has 8 heteroatoms. The summed E-state index contributed by atoms with van der Waals surface area (Å²) in [5, 5.41) is 0.431. The number of methoxy groups -OCH3 is 1. The van der Waals surface area contributed by atoms with Gasteiger partial charge in [0.2, 0.25) is 12.6 Å². The number of ether oxygens (including phenoxy) is 4. The number of fused-ring (bicyclic) bond motifs is 3. The van der Waals surface area contributed by atoms with Crippen LogP contribution >= 0.6 is 0 Å². The SMILES string of the molecule is CCCCOc1ccc([C@@H]2c3c(oc4ccccc4c3=O)C(=O)N2Cc2ccc3c(c2)OCO3)cc1OC. The Balaban J connectivity index is 1.47. The molecule has 4 aromatic rings. The van der Waals surface area contributed by atoms with Gasteiger partial charge in [0.25, 0.3) is 5.91 Å².